The maximum absolute atomic E-state index is 12.4. The predicted molar refractivity (Wildman–Crippen MR) is 75.0 cm³/mol. The quantitative estimate of drug-likeness (QED) is 0.654. The number of benzene rings is 1. The Bertz CT molecular complexity index is 511. The van der Waals surface area contributed by atoms with E-state index in [0.717, 1.165) is 25.7 Å². The molecular weight excluding hydrogens is 240 g/mol. The van der Waals surface area contributed by atoms with Gasteiger partial charge in [-0.05, 0) is 25.0 Å². The number of nitrogen functional groups attached to an aromatic ring is 1. The van der Waals surface area contributed by atoms with Gasteiger partial charge >= 0.3 is 0 Å². The molecule has 4 nitrogen and oxygen atoms in total. The Morgan fingerprint density at radius 3 is 2.53 bits per heavy atom. The van der Waals surface area contributed by atoms with Crippen LogP contribution in [-0.4, -0.2) is 22.8 Å². The van der Waals surface area contributed by atoms with Gasteiger partial charge in [-0.2, -0.15) is 0 Å². The molecule has 0 bridgehead atoms. The lowest BCUT2D eigenvalue weighted by atomic mass is 10.1. The molecule has 4 heteroatoms. The Labute approximate surface area is 113 Å². The molecule has 1 aromatic carbocycles. The molecule has 0 saturated carbocycles. The number of hydrogen-bond donors (Lipinski definition) is 1. The highest BCUT2D eigenvalue weighted by atomic mass is 16.2. The molecule has 0 saturated heterocycles. The zero-order valence-corrected chi connectivity index (χ0v) is 11.5. The predicted octanol–water partition coefficient (Wildman–Crippen LogP) is 2.83. The first-order valence-electron chi connectivity index (χ1n) is 6.88. The molecule has 19 heavy (non-hydrogen) atoms. The lowest BCUT2D eigenvalue weighted by Gasteiger charge is -2.25. The number of imide groups is 1. The van der Waals surface area contributed by atoms with Gasteiger partial charge in [-0.3, -0.25) is 14.5 Å². The summed E-state index contributed by atoms with van der Waals surface area (Å²) in [4.78, 5) is 26.2. The summed E-state index contributed by atoms with van der Waals surface area (Å²) in [6.07, 6.45) is 3.72. The van der Waals surface area contributed by atoms with Crippen molar-refractivity contribution in [1.29, 1.82) is 0 Å². The van der Waals surface area contributed by atoms with Crippen molar-refractivity contribution in [2.75, 3.05) is 5.73 Å². The highest BCUT2D eigenvalue weighted by Crippen LogP contribution is 2.30. The average molecular weight is 260 g/mol. The Kier molecular flexibility index (Phi) is 3.88. The molecule has 0 fully saturated rings. The number of amides is 2. The van der Waals surface area contributed by atoms with E-state index in [-0.39, 0.29) is 17.9 Å². The van der Waals surface area contributed by atoms with Crippen LogP contribution in [0.3, 0.4) is 0 Å². The number of fused-ring (bicyclic) bond motifs is 1. The number of carbonyl (C=O) groups excluding carboxylic acids is 2. The van der Waals surface area contributed by atoms with Crippen LogP contribution in [0.25, 0.3) is 0 Å². The highest BCUT2D eigenvalue weighted by Gasteiger charge is 2.40. The molecule has 1 aliphatic rings. The lowest BCUT2D eigenvalue weighted by Crippen LogP contribution is -2.39. The molecule has 2 amide bonds. The van der Waals surface area contributed by atoms with E-state index >= 15 is 0 Å². The third kappa shape index (κ3) is 2.23. The Hall–Kier alpha value is -1.84. The first-order chi connectivity index (χ1) is 9.11. The van der Waals surface area contributed by atoms with E-state index in [0.29, 0.717) is 16.8 Å². The molecular formula is C15H20N2O2. The van der Waals surface area contributed by atoms with E-state index in [1.807, 2.05) is 6.92 Å². The smallest absolute Gasteiger partial charge is 0.263 e. The number of nitrogens with zero attached hydrogens (tertiary/aromatic N) is 1. The van der Waals surface area contributed by atoms with Gasteiger partial charge in [-0.25, -0.2) is 0 Å². The highest BCUT2D eigenvalue weighted by molar-refractivity contribution is 6.23. The molecule has 1 aromatic rings. The number of hydrogen-bond acceptors (Lipinski definition) is 3. The topological polar surface area (TPSA) is 63.4 Å². The maximum Gasteiger partial charge on any atom is 0.263 e. The second-order valence-electron chi connectivity index (χ2n) is 4.95. The van der Waals surface area contributed by atoms with Crippen LogP contribution < -0.4 is 5.73 Å². The van der Waals surface area contributed by atoms with Crippen molar-refractivity contribution < 1.29 is 9.59 Å². The van der Waals surface area contributed by atoms with Gasteiger partial charge in [-0.15, -0.1) is 0 Å². The van der Waals surface area contributed by atoms with Crippen molar-refractivity contribution in [2.24, 2.45) is 0 Å². The zero-order valence-electron chi connectivity index (χ0n) is 11.5. The number of anilines is 1. The van der Waals surface area contributed by atoms with Crippen LogP contribution in [-0.2, 0) is 0 Å². The van der Waals surface area contributed by atoms with Crippen LogP contribution in [0.2, 0.25) is 0 Å². The minimum absolute atomic E-state index is 0.0215. The monoisotopic (exact) mass is 260 g/mol. The molecule has 2 rings (SSSR count). The SMILES string of the molecule is CCCCC(CC)N1C(=O)c2cccc(N)c2C1=O. The summed E-state index contributed by atoms with van der Waals surface area (Å²) in [5.74, 6) is -0.434. The van der Waals surface area contributed by atoms with E-state index in [1.165, 1.54) is 4.90 Å². The minimum Gasteiger partial charge on any atom is -0.398 e. The molecule has 102 valence electrons. The summed E-state index contributed by atoms with van der Waals surface area (Å²) in [7, 11) is 0. The van der Waals surface area contributed by atoms with Crippen LogP contribution in [0, 0.1) is 0 Å². The van der Waals surface area contributed by atoms with Gasteiger partial charge < -0.3 is 5.73 Å². The normalized spacial score (nSPS) is 15.8. The van der Waals surface area contributed by atoms with Crippen LogP contribution in [0.1, 0.15) is 60.2 Å². The largest absolute Gasteiger partial charge is 0.398 e. The molecule has 2 N–H and O–H groups in total. The number of rotatable bonds is 5. The Balaban J connectivity index is 2.33. The third-order valence-corrected chi connectivity index (χ3v) is 3.71. The van der Waals surface area contributed by atoms with E-state index in [9.17, 15) is 9.59 Å². The van der Waals surface area contributed by atoms with Crippen LogP contribution in [0.5, 0.6) is 0 Å². The molecule has 0 spiro atoms. The molecule has 0 radical (unpaired) electrons. The van der Waals surface area contributed by atoms with Crippen molar-refractivity contribution in [1.82, 2.24) is 4.90 Å². The van der Waals surface area contributed by atoms with Gasteiger partial charge in [0.1, 0.15) is 0 Å². The Morgan fingerprint density at radius 2 is 1.95 bits per heavy atom. The van der Waals surface area contributed by atoms with Crippen LogP contribution in [0.15, 0.2) is 18.2 Å². The summed E-state index contributed by atoms with van der Waals surface area (Å²) in [6, 6.07) is 5.04. The van der Waals surface area contributed by atoms with E-state index in [4.69, 9.17) is 5.73 Å². The van der Waals surface area contributed by atoms with Gasteiger partial charge in [0.25, 0.3) is 11.8 Å². The zero-order chi connectivity index (χ0) is 14.0. The summed E-state index contributed by atoms with van der Waals surface area (Å²) in [5.41, 5.74) is 7.04. The molecule has 1 aliphatic heterocycles. The van der Waals surface area contributed by atoms with E-state index < -0.39 is 0 Å². The van der Waals surface area contributed by atoms with Crippen molar-refractivity contribution >= 4 is 17.5 Å². The summed E-state index contributed by atoms with van der Waals surface area (Å²) >= 11 is 0. The van der Waals surface area contributed by atoms with Crippen molar-refractivity contribution in [3.8, 4) is 0 Å². The van der Waals surface area contributed by atoms with Gasteiger partial charge in [-0.1, -0.05) is 32.8 Å². The Morgan fingerprint density at radius 1 is 1.21 bits per heavy atom. The van der Waals surface area contributed by atoms with Gasteiger partial charge in [0.2, 0.25) is 0 Å². The fourth-order valence-corrected chi connectivity index (χ4v) is 2.62. The standard InChI is InChI=1S/C15H20N2O2/c1-3-5-7-10(4-2)17-14(18)11-8-6-9-12(16)13(11)15(17)19/h6,8-10H,3-5,7,16H2,1-2H3. The third-order valence-electron chi connectivity index (χ3n) is 3.71. The first-order valence-corrected chi connectivity index (χ1v) is 6.88. The van der Waals surface area contributed by atoms with Crippen LogP contribution >= 0.6 is 0 Å². The van der Waals surface area contributed by atoms with Crippen molar-refractivity contribution in [3.63, 3.8) is 0 Å². The molecule has 1 atom stereocenters. The number of unbranched alkanes of at least 4 members (excludes halogenated alkanes) is 1. The van der Waals surface area contributed by atoms with Gasteiger partial charge in [0.15, 0.2) is 0 Å². The van der Waals surface area contributed by atoms with Gasteiger partial charge in [0.05, 0.1) is 11.1 Å². The molecule has 0 aliphatic carbocycles. The van der Waals surface area contributed by atoms with Crippen LogP contribution in [0.4, 0.5) is 5.69 Å². The summed E-state index contributed by atoms with van der Waals surface area (Å²) in [5, 5.41) is 0. The summed E-state index contributed by atoms with van der Waals surface area (Å²) < 4.78 is 0. The fraction of sp³-hybridized carbons (Fsp3) is 0.467. The second kappa shape index (κ2) is 5.43. The van der Waals surface area contributed by atoms with E-state index in [2.05, 4.69) is 6.92 Å². The maximum atomic E-state index is 12.4. The molecule has 0 aromatic heterocycles. The average Bonchev–Trinajstić information content (AvgIpc) is 2.66. The molecule has 1 unspecified atom stereocenters. The molecule has 1 heterocycles. The lowest BCUT2D eigenvalue weighted by molar-refractivity contribution is 0.0570. The number of nitrogens with two attached hydrogens (primary N) is 1. The second-order valence-corrected chi connectivity index (χ2v) is 4.95. The first kappa shape index (κ1) is 13.6. The van der Waals surface area contributed by atoms with Crippen molar-refractivity contribution in [3.05, 3.63) is 29.3 Å². The summed E-state index contributed by atoms with van der Waals surface area (Å²) in [6.45, 7) is 4.11. The van der Waals surface area contributed by atoms with Crippen molar-refractivity contribution in [2.45, 2.75) is 45.6 Å². The minimum atomic E-state index is -0.235. The number of carbonyl (C=O) groups is 2. The fourth-order valence-electron chi connectivity index (χ4n) is 2.62. The van der Waals surface area contributed by atoms with E-state index in [1.54, 1.807) is 18.2 Å². The van der Waals surface area contributed by atoms with Gasteiger partial charge in [0, 0.05) is 11.7 Å².